The van der Waals surface area contributed by atoms with Gasteiger partial charge >= 0.3 is 0 Å². The summed E-state index contributed by atoms with van der Waals surface area (Å²) >= 11 is 0. The summed E-state index contributed by atoms with van der Waals surface area (Å²) in [6.07, 6.45) is 5.51. The van der Waals surface area contributed by atoms with Crippen molar-refractivity contribution in [2.24, 2.45) is 11.7 Å². The summed E-state index contributed by atoms with van der Waals surface area (Å²) in [6, 6.07) is 7.12. The van der Waals surface area contributed by atoms with Crippen LogP contribution in [0.5, 0.6) is 0 Å². The Kier molecular flexibility index (Phi) is 4.24. The Hall–Kier alpha value is -1.42. The van der Waals surface area contributed by atoms with Crippen molar-refractivity contribution in [1.29, 1.82) is 0 Å². The molecule has 4 heteroatoms. The standard InChI is InChI=1S/C17H23FN2O/c18-14-4-1-3-12(9-14)10-16-5-2-8-20(16)17(21)13-6-7-15(19)11-13/h1,3-4,9,13,15-16H,2,5-8,10-11,19H2/t13-,15-,16+/m1/s1. The van der Waals surface area contributed by atoms with Crippen LogP contribution in [0, 0.1) is 11.7 Å². The van der Waals surface area contributed by atoms with Crippen molar-refractivity contribution in [3.63, 3.8) is 0 Å². The topological polar surface area (TPSA) is 46.3 Å². The molecule has 2 fully saturated rings. The number of hydrogen-bond donors (Lipinski definition) is 1. The summed E-state index contributed by atoms with van der Waals surface area (Å²) in [4.78, 5) is 14.7. The zero-order valence-corrected chi connectivity index (χ0v) is 12.3. The Morgan fingerprint density at radius 2 is 2.19 bits per heavy atom. The molecule has 1 saturated heterocycles. The van der Waals surface area contributed by atoms with Crippen molar-refractivity contribution in [2.45, 2.75) is 50.6 Å². The molecule has 1 heterocycles. The minimum atomic E-state index is -0.204. The predicted molar refractivity (Wildman–Crippen MR) is 80.2 cm³/mol. The third kappa shape index (κ3) is 3.26. The van der Waals surface area contributed by atoms with Gasteiger partial charge in [0.25, 0.3) is 0 Å². The molecule has 0 aromatic heterocycles. The quantitative estimate of drug-likeness (QED) is 0.929. The lowest BCUT2D eigenvalue weighted by atomic mass is 10.0. The van der Waals surface area contributed by atoms with Crippen LogP contribution < -0.4 is 5.73 Å². The first-order chi connectivity index (χ1) is 10.1. The van der Waals surface area contributed by atoms with E-state index in [1.807, 2.05) is 11.0 Å². The highest BCUT2D eigenvalue weighted by Crippen LogP contribution is 2.30. The molecule has 0 unspecified atom stereocenters. The number of carbonyl (C=O) groups is 1. The largest absolute Gasteiger partial charge is 0.339 e. The lowest BCUT2D eigenvalue weighted by molar-refractivity contribution is -0.136. The summed E-state index contributed by atoms with van der Waals surface area (Å²) in [6.45, 7) is 0.838. The molecular formula is C17H23FN2O. The number of likely N-dealkylation sites (tertiary alicyclic amines) is 1. The molecule has 3 nitrogen and oxygen atoms in total. The third-order valence-electron chi connectivity index (χ3n) is 4.84. The van der Waals surface area contributed by atoms with Gasteiger partial charge in [0.05, 0.1) is 0 Å². The second kappa shape index (κ2) is 6.14. The van der Waals surface area contributed by atoms with E-state index >= 15 is 0 Å². The van der Waals surface area contributed by atoms with Crippen molar-refractivity contribution < 1.29 is 9.18 Å². The molecule has 1 aliphatic heterocycles. The molecule has 114 valence electrons. The van der Waals surface area contributed by atoms with E-state index in [4.69, 9.17) is 5.73 Å². The smallest absolute Gasteiger partial charge is 0.226 e. The van der Waals surface area contributed by atoms with Crippen LogP contribution in [0.1, 0.15) is 37.7 Å². The fourth-order valence-electron chi connectivity index (χ4n) is 3.75. The summed E-state index contributed by atoms with van der Waals surface area (Å²) in [7, 11) is 0. The third-order valence-corrected chi connectivity index (χ3v) is 4.84. The molecule has 0 spiro atoms. The SMILES string of the molecule is N[C@@H]1CC[C@@H](C(=O)N2CCC[C@H]2Cc2cccc(F)c2)C1. The van der Waals surface area contributed by atoms with Gasteiger partial charge in [-0.1, -0.05) is 12.1 Å². The van der Waals surface area contributed by atoms with Crippen molar-refractivity contribution >= 4 is 5.91 Å². The van der Waals surface area contributed by atoms with Crippen LogP contribution in [0.15, 0.2) is 24.3 Å². The van der Waals surface area contributed by atoms with Crippen molar-refractivity contribution in [3.8, 4) is 0 Å². The van der Waals surface area contributed by atoms with Gasteiger partial charge in [0, 0.05) is 24.5 Å². The monoisotopic (exact) mass is 290 g/mol. The molecule has 21 heavy (non-hydrogen) atoms. The van der Waals surface area contributed by atoms with Crippen molar-refractivity contribution in [2.75, 3.05) is 6.54 Å². The summed E-state index contributed by atoms with van der Waals surface area (Å²) in [5, 5.41) is 0. The van der Waals surface area contributed by atoms with Crippen LogP contribution in [0.3, 0.4) is 0 Å². The molecule has 0 bridgehead atoms. The number of amides is 1. The fourth-order valence-corrected chi connectivity index (χ4v) is 3.75. The van der Waals surface area contributed by atoms with E-state index in [0.29, 0.717) is 0 Å². The van der Waals surface area contributed by atoms with Gasteiger partial charge in [-0.15, -0.1) is 0 Å². The minimum Gasteiger partial charge on any atom is -0.339 e. The Balaban J connectivity index is 1.66. The maximum absolute atomic E-state index is 13.3. The highest BCUT2D eigenvalue weighted by Gasteiger charge is 2.36. The maximum atomic E-state index is 13.3. The molecule has 1 saturated carbocycles. The van der Waals surface area contributed by atoms with E-state index < -0.39 is 0 Å². The predicted octanol–water partition coefficient (Wildman–Crippen LogP) is 2.49. The lowest BCUT2D eigenvalue weighted by Crippen LogP contribution is -2.40. The number of carbonyl (C=O) groups excluding carboxylic acids is 1. The van der Waals surface area contributed by atoms with E-state index in [2.05, 4.69) is 0 Å². The molecule has 0 radical (unpaired) electrons. The summed E-state index contributed by atoms with van der Waals surface area (Å²) in [5.41, 5.74) is 6.90. The number of benzene rings is 1. The molecule has 3 atom stereocenters. The van der Waals surface area contributed by atoms with E-state index in [1.165, 1.54) is 6.07 Å². The Morgan fingerprint density at radius 3 is 2.90 bits per heavy atom. The van der Waals surface area contributed by atoms with Crippen LogP contribution in [-0.2, 0) is 11.2 Å². The van der Waals surface area contributed by atoms with E-state index in [1.54, 1.807) is 12.1 Å². The van der Waals surface area contributed by atoms with Gasteiger partial charge in [0.15, 0.2) is 0 Å². The lowest BCUT2D eigenvalue weighted by Gasteiger charge is -2.27. The average Bonchev–Trinajstić information content (AvgIpc) is 3.07. The van der Waals surface area contributed by atoms with Gasteiger partial charge in [-0.25, -0.2) is 4.39 Å². The number of nitrogens with zero attached hydrogens (tertiary/aromatic N) is 1. The number of rotatable bonds is 3. The Bertz CT molecular complexity index is 519. The van der Waals surface area contributed by atoms with Crippen LogP contribution >= 0.6 is 0 Å². The average molecular weight is 290 g/mol. The van der Waals surface area contributed by atoms with Crippen LogP contribution in [0.4, 0.5) is 4.39 Å². The van der Waals surface area contributed by atoms with Gasteiger partial charge in [0.2, 0.25) is 5.91 Å². The first-order valence-corrected chi connectivity index (χ1v) is 7.94. The fraction of sp³-hybridized carbons (Fsp3) is 0.588. The van der Waals surface area contributed by atoms with Crippen LogP contribution in [-0.4, -0.2) is 29.4 Å². The van der Waals surface area contributed by atoms with Crippen LogP contribution in [0.2, 0.25) is 0 Å². The highest BCUT2D eigenvalue weighted by atomic mass is 19.1. The van der Waals surface area contributed by atoms with E-state index in [9.17, 15) is 9.18 Å². The van der Waals surface area contributed by atoms with Crippen LogP contribution in [0.25, 0.3) is 0 Å². The van der Waals surface area contributed by atoms with E-state index in [-0.39, 0.29) is 29.7 Å². The first kappa shape index (κ1) is 14.5. The second-order valence-corrected chi connectivity index (χ2v) is 6.43. The summed E-state index contributed by atoms with van der Waals surface area (Å²) in [5.74, 6) is 0.167. The number of halogens is 1. The molecule has 1 amide bonds. The first-order valence-electron chi connectivity index (χ1n) is 7.94. The number of nitrogens with two attached hydrogens (primary N) is 1. The zero-order chi connectivity index (χ0) is 14.8. The van der Waals surface area contributed by atoms with Gasteiger partial charge < -0.3 is 10.6 Å². The molecule has 2 aliphatic rings. The molecule has 2 N–H and O–H groups in total. The van der Waals surface area contributed by atoms with Gasteiger partial charge in [-0.3, -0.25) is 4.79 Å². The molecular weight excluding hydrogens is 267 g/mol. The molecule has 1 aromatic carbocycles. The van der Waals surface area contributed by atoms with E-state index in [0.717, 1.165) is 50.6 Å². The minimum absolute atomic E-state index is 0.105. The normalized spacial score (nSPS) is 29.0. The second-order valence-electron chi connectivity index (χ2n) is 6.43. The summed E-state index contributed by atoms with van der Waals surface area (Å²) < 4.78 is 13.3. The molecule has 1 aliphatic carbocycles. The molecule has 3 rings (SSSR count). The van der Waals surface area contributed by atoms with Crippen molar-refractivity contribution in [3.05, 3.63) is 35.6 Å². The highest BCUT2D eigenvalue weighted by molar-refractivity contribution is 5.79. The maximum Gasteiger partial charge on any atom is 0.226 e. The Labute approximate surface area is 125 Å². The molecule has 1 aromatic rings. The zero-order valence-electron chi connectivity index (χ0n) is 12.3. The number of hydrogen-bond acceptors (Lipinski definition) is 2. The Morgan fingerprint density at radius 1 is 1.33 bits per heavy atom. The van der Waals surface area contributed by atoms with Gasteiger partial charge in [0.1, 0.15) is 5.82 Å². The van der Waals surface area contributed by atoms with Crippen molar-refractivity contribution in [1.82, 2.24) is 4.90 Å². The van der Waals surface area contributed by atoms with Gasteiger partial charge in [-0.05, 0) is 56.2 Å². The van der Waals surface area contributed by atoms with Gasteiger partial charge in [-0.2, -0.15) is 0 Å².